The van der Waals surface area contributed by atoms with Crippen molar-refractivity contribution < 1.29 is 9.47 Å². The van der Waals surface area contributed by atoms with E-state index in [9.17, 15) is 0 Å². The Kier molecular flexibility index (Phi) is 6.70. The molecule has 0 atom stereocenters. The number of methoxy groups -OCH3 is 2. The third-order valence-electron chi connectivity index (χ3n) is 5.89. The number of aromatic nitrogens is 6. The molecule has 0 N–H and O–H groups in total. The van der Waals surface area contributed by atoms with Crippen LogP contribution in [-0.4, -0.2) is 50.5 Å². The van der Waals surface area contributed by atoms with Gasteiger partial charge in [-0.1, -0.05) is 0 Å². The molecule has 0 saturated carbocycles. The maximum Gasteiger partial charge on any atom is 0.128 e. The monoisotopic (exact) mass is 481 g/mol. The van der Waals surface area contributed by atoms with Gasteiger partial charge in [-0.25, -0.2) is 15.0 Å². The minimum Gasteiger partial charge on any atom is -0.497 e. The number of benzene rings is 2. The lowest BCUT2D eigenvalue weighted by molar-refractivity contribution is 0.394. The highest BCUT2D eigenvalue weighted by Crippen LogP contribution is 2.34. The summed E-state index contributed by atoms with van der Waals surface area (Å²) in [7, 11) is 5.19. The molecule has 0 spiro atoms. The van der Waals surface area contributed by atoms with E-state index < -0.39 is 0 Å². The molecule has 0 radical (unpaired) electrons. The Morgan fingerprint density at radius 1 is 0.861 bits per heavy atom. The van der Waals surface area contributed by atoms with E-state index in [1.165, 1.54) is 0 Å². The first kappa shape index (κ1) is 23.2. The molecule has 9 heteroatoms. The third kappa shape index (κ3) is 5.10. The van der Waals surface area contributed by atoms with Crippen molar-refractivity contribution in [3.8, 4) is 22.8 Å². The van der Waals surface area contributed by atoms with Gasteiger partial charge in [0.1, 0.15) is 17.3 Å². The molecule has 5 aromatic rings. The summed E-state index contributed by atoms with van der Waals surface area (Å²) in [5.41, 5.74) is 5.28. The zero-order valence-electron chi connectivity index (χ0n) is 20.5. The standard InChI is InChI=1S/C27H27N7O2/c1-33-18-19(16-31-33)26-17-30-24-8-7-20(14-25(24)32-26)34(11-4-6-27-28-9-5-10-29-27)21-12-22(35-2)15-23(13-21)36-3/h5,7-10,12-18H,4,6,11H2,1-3H3. The fourth-order valence-electron chi connectivity index (χ4n) is 4.07. The van der Waals surface area contributed by atoms with Gasteiger partial charge >= 0.3 is 0 Å². The van der Waals surface area contributed by atoms with E-state index >= 15 is 0 Å². The van der Waals surface area contributed by atoms with Crippen LogP contribution in [0, 0.1) is 0 Å². The van der Waals surface area contributed by atoms with Crippen molar-refractivity contribution in [1.82, 2.24) is 29.7 Å². The Morgan fingerprint density at radius 2 is 1.64 bits per heavy atom. The lowest BCUT2D eigenvalue weighted by atomic mass is 10.1. The number of hydrogen-bond donors (Lipinski definition) is 0. The fourth-order valence-corrected chi connectivity index (χ4v) is 4.07. The first-order valence-corrected chi connectivity index (χ1v) is 11.7. The van der Waals surface area contributed by atoms with Crippen LogP contribution in [-0.2, 0) is 13.5 Å². The molecular weight excluding hydrogens is 454 g/mol. The van der Waals surface area contributed by atoms with Crippen LogP contribution >= 0.6 is 0 Å². The van der Waals surface area contributed by atoms with Gasteiger partial charge in [0.2, 0.25) is 0 Å². The van der Waals surface area contributed by atoms with Crippen LogP contribution in [0.4, 0.5) is 11.4 Å². The molecule has 0 amide bonds. The minimum absolute atomic E-state index is 0.722. The van der Waals surface area contributed by atoms with Gasteiger partial charge in [-0.05, 0) is 30.7 Å². The smallest absolute Gasteiger partial charge is 0.128 e. The van der Waals surface area contributed by atoms with Crippen molar-refractivity contribution in [2.45, 2.75) is 12.8 Å². The van der Waals surface area contributed by atoms with Gasteiger partial charge in [0.15, 0.2) is 0 Å². The SMILES string of the molecule is COc1cc(OC)cc(N(CCCc2ncccn2)c2ccc3ncc(-c4cnn(C)c4)nc3c2)c1. The van der Waals surface area contributed by atoms with Crippen LogP contribution in [0.25, 0.3) is 22.3 Å². The van der Waals surface area contributed by atoms with Gasteiger partial charge in [-0.15, -0.1) is 0 Å². The molecule has 0 bridgehead atoms. The van der Waals surface area contributed by atoms with Crippen molar-refractivity contribution in [1.29, 1.82) is 0 Å². The molecule has 182 valence electrons. The van der Waals surface area contributed by atoms with Crippen LogP contribution in [0.5, 0.6) is 11.5 Å². The molecule has 3 heterocycles. The van der Waals surface area contributed by atoms with Crippen molar-refractivity contribution >= 4 is 22.4 Å². The topological polar surface area (TPSA) is 91.1 Å². The van der Waals surface area contributed by atoms with Crippen LogP contribution in [0.3, 0.4) is 0 Å². The Labute approximate surface area is 209 Å². The Morgan fingerprint density at radius 3 is 2.33 bits per heavy atom. The quantitative estimate of drug-likeness (QED) is 0.301. The molecule has 0 saturated heterocycles. The number of nitrogens with zero attached hydrogens (tertiary/aromatic N) is 7. The van der Waals surface area contributed by atoms with Crippen molar-refractivity contribution in [2.75, 3.05) is 25.7 Å². The van der Waals surface area contributed by atoms with E-state index in [4.69, 9.17) is 14.5 Å². The number of fused-ring (bicyclic) bond motifs is 1. The third-order valence-corrected chi connectivity index (χ3v) is 5.89. The number of aryl methyl sites for hydroxylation is 2. The summed E-state index contributed by atoms with van der Waals surface area (Å²) in [6, 6.07) is 13.8. The number of ether oxygens (including phenoxy) is 2. The van der Waals surface area contributed by atoms with Crippen molar-refractivity contribution in [3.63, 3.8) is 0 Å². The second-order valence-electron chi connectivity index (χ2n) is 8.32. The van der Waals surface area contributed by atoms with Gasteiger partial charge in [-0.3, -0.25) is 9.67 Å². The summed E-state index contributed by atoms with van der Waals surface area (Å²) in [5.74, 6) is 2.27. The number of rotatable bonds is 9. The molecular formula is C27H27N7O2. The zero-order valence-corrected chi connectivity index (χ0v) is 20.5. The first-order valence-electron chi connectivity index (χ1n) is 11.7. The summed E-state index contributed by atoms with van der Waals surface area (Å²) in [4.78, 5) is 20.5. The van der Waals surface area contributed by atoms with E-state index in [0.29, 0.717) is 0 Å². The Balaban J connectivity index is 1.52. The maximum atomic E-state index is 5.54. The normalized spacial score (nSPS) is 11.0. The van der Waals surface area contributed by atoms with E-state index in [-0.39, 0.29) is 0 Å². The molecule has 0 unspecified atom stereocenters. The van der Waals surface area contributed by atoms with Gasteiger partial charge in [-0.2, -0.15) is 5.10 Å². The first-order chi connectivity index (χ1) is 17.6. The summed E-state index contributed by atoms with van der Waals surface area (Å²) in [6.07, 6.45) is 10.7. The second-order valence-corrected chi connectivity index (χ2v) is 8.32. The summed E-state index contributed by atoms with van der Waals surface area (Å²) in [6.45, 7) is 0.732. The van der Waals surface area contributed by atoms with Crippen LogP contribution in [0.1, 0.15) is 12.2 Å². The van der Waals surface area contributed by atoms with Gasteiger partial charge in [0.05, 0.1) is 43.3 Å². The molecule has 3 aromatic heterocycles. The van der Waals surface area contributed by atoms with E-state index in [2.05, 4.69) is 37.1 Å². The molecule has 0 aliphatic carbocycles. The van der Waals surface area contributed by atoms with Crippen LogP contribution in [0.15, 0.2) is 73.4 Å². The van der Waals surface area contributed by atoms with E-state index in [0.717, 1.165) is 70.4 Å². The highest BCUT2D eigenvalue weighted by Gasteiger charge is 2.15. The molecule has 0 fully saturated rings. The Bertz CT molecular complexity index is 1450. The predicted molar refractivity (Wildman–Crippen MR) is 139 cm³/mol. The van der Waals surface area contributed by atoms with Gasteiger partial charge < -0.3 is 14.4 Å². The molecule has 0 aliphatic heterocycles. The molecule has 5 rings (SSSR count). The average molecular weight is 482 g/mol. The van der Waals surface area contributed by atoms with Crippen LogP contribution in [0.2, 0.25) is 0 Å². The number of anilines is 2. The predicted octanol–water partition coefficient (Wildman–Crippen LogP) is 4.61. The van der Waals surface area contributed by atoms with E-state index in [1.54, 1.807) is 43.7 Å². The van der Waals surface area contributed by atoms with Crippen molar-refractivity contribution in [2.24, 2.45) is 7.05 Å². The van der Waals surface area contributed by atoms with Gasteiger partial charge in [0.25, 0.3) is 0 Å². The van der Waals surface area contributed by atoms with Gasteiger partial charge in [0, 0.05) is 73.7 Å². The minimum atomic E-state index is 0.722. The molecule has 9 nitrogen and oxygen atoms in total. The molecule has 2 aromatic carbocycles. The zero-order chi connectivity index (χ0) is 24.9. The number of hydrogen-bond acceptors (Lipinski definition) is 8. The van der Waals surface area contributed by atoms with E-state index in [1.807, 2.05) is 43.6 Å². The maximum absolute atomic E-state index is 5.54. The average Bonchev–Trinajstić information content (AvgIpc) is 3.37. The summed E-state index contributed by atoms with van der Waals surface area (Å²) < 4.78 is 12.8. The highest BCUT2D eigenvalue weighted by molar-refractivity contribution is 5.82. The lowest BCUT2D eigenvalue weighted by Gasteiger charge is -2.26. The lowest BCUT2D eigenvalue weighted by Crippen LogP contribution is -2.19. The second kappa shape index (κ2) is 10.4. The van der Waals surface area contributed by atoms with Crippen LogP contribution < -0.4 is 14.4 Å². The summed E-state index contributed by atoms with van der Waals surface area (Å²) in [5, 5.41) is 4.26. The van der Waals surface area contributed by atoms with Crippen molar-refractivity contribution in [3.05, 3.63) is 79.3 Å². The molecule has 36 heavy (non-hydrogen) atoms. The summed E-state index contributed by atoms with van der Waals surface area (Å²) >= 11 is 0. The highest BCUT2D eigenvalue weighted by atomic mass is 16.5. The fraction of sp³-hybridized carbons (Fsp3) is 0.222. The Hall–Kier alpha value is -4.53. The molecule has 0 aliphatic rings. The largest absolute Gasteiger partial charge is 0.497 e.